The lowest BCUT2D eigenvalue weighted by Crippen LogP contribution is -2.33. The number of benzene rings is 1. The van der Waals surface area contributed by atoms with Crippen LogP contribution in [0.25, 0.3) is 0 Å². The Balaban J connectivity index is 1.92. The van der Waals surface area contributed by atoms with Crippen molar-refractivity contribution >= 4 is 5.91 Å². The first-order valence-electron chi connectivity index (χ1n) is 6.53. The predicted octanol–water partition coefficient (Wildman–Crippen LogP) is 1.63. The Morgan fingerprint density at radius 1 is 1.44 bits per heavy atom. The van der Waals surface area contributed by atoms with Gasteiger partial charge in [-0.25, -0.2) is 0 Å². The van der Waals surface area contributed by atoms with Gasteiger partial charge in [-0.3, -0.25) is 4.79 Å². The van der Waals surface area contributed by atoms with Crippen LogP contribution in [0.5, 0.6) is 5.75 Å². The van der Waals surface area contributed by atoms with Crippen LogP contribution < -0.4 is 15.4 Å². The van der Waals surface area contributed by atoms with Crippen LogP contribution in [0.2, 0.25) is 0 Å². The van der Waals surface area contributed by atoms with Crippen LogP contribution in [0.15, 0.2) is 24.3 Å². The van der Waals surface area contributed by atoms with Gasteiger partial charge < -0.3 is 15.4 Å². The van der Waals surface area contributed by atoms with E-state index < -0.39 is 0 Å². The highest BCUT2D eigenvalue weighted by Gasteiger charge is 2.22. The third-order valence-corrected chi connectivity index (χ3v) is 3.07. The Morgan fingerprint density at radius 2 is 2.28 bits per heavy atom. The van der Waals surface area contributed by atoms with Crippen molar-refractivity contribution in [2.75, 3.05) is 19.7 Å². The second-order valence-corrected chi connectivity index (χ2v) is 4.40. The Bertz CT molecular complexity index is 407. The number of nitrogens with one attached hydrogen (secondary N) is 2. The molecule has 2 rings (SSSR count). The fourth-order valence-electron chi connectivity index (χ4n) is 2.14. The summed E-state index contributed by atoms with van der Waals surface area (Å²) in [5.41, 5.74) is 1.08. The third-order valence-electron chi connectivity index (χ3n) is 3.07. The maximum atomic E-state index is 11.8. The van der Waals surface area contributed by atoms with Crippen molar-refractivity contribution < 1.29 is 9.53 Å². The van der Waals surface area contributed by atoms with Gasteiger partial charge in [0.05, 0.1) is 12.6 Å². The zero-order valence-electron chi connectivity index (χ0n) is 10.7. The van der Waals surface area contributed by atoms with Crippen molar-refractivity contribution in [3.8, 4) is 5.75 Å². The van der Waals surface area contributed by atoms with Gasteiger partial charge in [0, 0.05) is 24.9 Å². The minimum Gasteiger partial charge on any atom is -0.493 e. The van der Waals surface area contributed by atoms with E-state index in [1.807, 2.05) is 31.2 Å². The molecule has 0 saturated heterocycles. The van der Waals surface area contributed by atoms with E-state index in [-0.39, 0.29) is 11.9 Å². The van der Waals surface area contributed by atoms with E-state index in [0.717, 1.165) is 30.8 Å². The number of carbonyl (C=O) groups is 1. The maximum absolute atomic E-state index is 11.8. The quantitative estimate of drug-likeness (QED) is 0.779. The molecule has 0 aromatic heterocycles. The van der Waals surface area contributed by atoms with Gasteiger partial charge >= 0.3 is 0 Å². The van der Waals surface area contributed by atoms with Crippen molar-refractivity contribution in [2.24, 2.45) is 0 Å². The first kappa shape index (κ1) is 12.9. The molecule has 0 spiro atoms. The fourth-order valence-corrected chi connectivity index (χ4v) is 2.14. The van der Waals surface area contributed by atoms with Crippen molar-refractivity contribution in [3.05, 3.63) is 29.8 Å². The fraction of sp³-hybridized carbons (Fsp3) is 0.500. The summed E-state index contributed by atoms with van der Waals surface area (Å²) >= 11 is 0. The molecule has 1 atom stereocenters. The van der Waals surface area contributed by atoms with Gasteiger partial charge in [-0.15, -0.1) is 0 Å². The molecule has 1 aromatic rings. The van der Waals surface area contributed by atoms with Crippen molar-refractivity contribution in [1.82, 2.24) is 10.6 Å². The number of amides is 1. The molecule has 18 heavy (non-hydrogen) atoms. The van der Waals surface area contributed by atoms with Crippen molar-refractivity contribution in [3.63, 3.8) is 0 Å². The molecular formula is C14H20N2O2. The number of hydrogen-bond acceptors (Lipinski definition) is 3. The molecule has 0 saturated carbocycles. The Hall–Kier alpha value is -1.55. The Labute approximate surface area is 108 Å². The highest BCUT2D eigenvalue weighted by atomic mass is 16.5. The molecule has 4 heteroatoms. The summed E-state index contributed by atoms with van der Waals surface area (Å²) in [4.78, 5) is 11.8. The summed E-state index contributed by atoms with van der Waals surface area (Å²) < 4.78 is 5.57. The molecule has 0 fully saturated rings. The van der Waals surface area contributed by atoms with E-state index in [2.05, 4.69) is 10.6 Å². The van der Waals surface area contributed by atoms with Gasteiger partial charge in [-0.2, -0.15) is 0 Å². The molecule has 4 nitrogen and oxygen atoms in total. The number of rotatable bonds is 5. The zero-order chi connectivity index (χ0) is 12.8. The smallest absolute Gasteiger partial charge is 0.221 e. The molecule has 1 amide bonds. The standard InChI is InChI=1S/C14H20N2O2/c1-2-15-9-7-14(17)16-12-8-10-18-13-6-4-3-5-11(12)13/h3-6,12,15H,2,7-10H2,1H3,(H,16,17). The molecule has 1 aromatic carbocycles. The second kappa shape index (κ2) is 6.40. The van der Waals surface area contributed by atoms with Gasteiger partial charge in [0.15, 0.2) is 0 Å². The minimum atomic E-state index is 0.0871. The first-order chi connectivity index (χ1) is 8.81. The largest absolute Gasteiger partial charge is 0.493 e. The van der Waals surface area contributed by atoms with Gasteiger partial charge in [0.25, 0.3) is 0 Å². The second-order valence-electron chi connectivity index (χ2n) is 4.40. The summed E-state index contributed by atoms with van der Waals surface area (Å²) in [6.07, 6.45) is 1.36. The number of para-hydroxylation sites is 1. The summed E-state index contributed by atoms with van der Waals surface area (Å²) in [7, 11) is 0. The molecular weight excluding hydrogens is 228 g/mol. The first-order valence-corrected chi connectivity index (χ1v) is 6.53. The van der Waals surface area contributed by atoms with E-state index in [1.165, 1.54) is 0 Å². The molecule has 0 aliphatic carbocycles. The maximum Gasteiger partial charge on any atom is 0.221 e. The van der Waals surface area contributed by atoms with E-state index in [1.54, 1.807) is 0 Å². The molecule has 0 radical (unpaired) electrons. The molecule has 98 valence electrons. The van der Waals surface area contributed by atoms with Gasteiger partial charge in [-0.05, 0) is 12.6 Å². The van der Waals surface area contributed by atoms with Crippen LogP contribution in [-0.2, 0) is 4.79 Å². The average Bonchev–Trinajstić information content (AvgIpc) is 2.39. The van der Waals surface area contributed by atoms with Crippen LogP contribution in [-0.4, -0.2) is 25.6 Å². The predicted molar refractivity (Wildman–Crippen MR) is 70.6 cm³/mol. The summed E-state index contributed by atoms with van der Waals surface area (Å²) in [5, 5.41) is 6.23. The van der Waals surface area contributed by atoms with Gasteiger partial charge in [0.1, 0.15) is 5.75 Å². The Kier molecular flexibility index (Phi) is 4.59. The SMILES string of the molecule is CCNCCC(=O)NC1CCOc2ccccc21. The van der Waals surface area contributed by atoms with E-state index >= 15 is 0 Å². The molecule has 1 aliphatic rings. The summed E-state index contributed by atoms with van der Waals surface area (Å²) in [6, 6.07) is 7.99. The van der Waals surface area contributed by atoms with Crippen LogP contribution in [0.1, 0.15) is 31.4 Å². The minimum absolute atomic E-state index is 0.0871. The van der Waals surface area contributed by atoms with E-state index in [4.69, 9.17) is 4.74 Å². The number of hydrogen-bond donors (Lipinski definition) is 2. The van der Waals surface area contributed by atoms with Crippen molar-refractivity contribution in [2.45, 2.75) is 25.8 Å². The number of fused-ring (bicyclic) bond motifs is 1. The molecule has 2 N–H and O–H groups in total. The summed E-state index contributed by atoms with van der Waals surface area (Å²) in [6.45, 7) is 4.32. The number of carbonyl (C=O) groups excluding carboxylic acids is 1. The van der Waals surface area contributed by atoms with Gasteiger partial charge in [0.2, 0.25) is 5.91 Å². The molecule has 1 heterocycles. The monoisotopic (exact) mass is 248 g/mol. The summed E-state index contributed by atoms with van der Waals surface area (Å²) in [5.74, 6) is 0.985. The van der Waals surface area contributed by atoms with Crippen LogP contribution >= 0.6 is 0 Å². The van der Waals surface area contributed by atoms with Crippen LogP contribution in [0, 0.1) is 0 Å². The van der Waals surface area contributed by atoms with Crippen LogP contribution in [0.3, 0.4) is 0 Å². The normalized spacial score (nSPS) is 17.7. The topological polar surface area (TPSA) is 50.4 Å². The van der Waals surface area contributed by atoms with Crippen LogP contribution in [0.4, 0.5) is 0 Å². The highest BCUT2D eigenvalue weighted by molar-refractivity contribution is 5.76. The zero-order valence-corrected chi connectivity index (χ0v) is 10.7. The average molecular weight is 248 g/mol. The Morgan fingerprint density at radius 3 is 3.11 bits per heavy atom. The molecule has 1 aliphatic heterocycles. The van der Waals surface area contributed by atoms with E-state index in [0.29, 0.717) is 13.0 Å². The molecule has 0 bridgehead atoms. The van der Waals surface area contributed by atoms with Crippen molar-refractivity contribution in [1.29, 1.82) is 0 Å². The lowest BCUT2D eigenvalue weighted by atomic mass is 10.0. The van der Waals surface area contributed by atoms with E-state index in [9.17, 15) is 4.79 Å². The lowest BCUT2D eigenvalue weighted by molar-refractivity contribution is -0.121. The van der Waals surface area contributed by atoms with Gasteiger partial charge in [-0.1, -0.05) is 25.1 Å². The molecule has 1 unspecified atom stereocenters. The third kappa shape index (κ3) is 3.23. The highest BCUT2D eigenvalue weighted by Crippen LogP contribution is 2.31. The lowest BCUT2D eigenvalue weighted by Gasteiger charge is -2.26. The number of ether oxygens (including phenoxy) is 1.